The molecule has 5 nitrogen and oxygen atoms in total. The minimum atomic E-state index is -1.20. The molecule has 2 aliphatic rings. The number of carbonyl (C=O) groups excluding carboxylic acids is 1. The molecule has 0 spiro atoms. The Morgan fingerprint density at radius 2 is 2.00 bits per heavy atom. The summed E-state index contributed by atoms with van der Waals surface area (Å²) in [5.74, 6) is -0.126. The van der Waals surface area contributed by atoms with Crippen molar-refractivity contribution in [3.05, 3.63) is 52.8 Å². The van der Waals surface area contributed by atoms with E-state index in [1.54, 1.807) is 26.2 Å². The average Bonchev–Trinajstić information content (AvgIpc) is 2.96. The third-order valence-corrected chi connectivity index (χ3v) is 6.22. The van der Waals surface area contributed by atoms with E-state index in [4.69, 9.17) is 11.6 Å². The van der Waals surface area contributed by atoms with Crippen molar-refractivity contribution in [3.8, 4) is 11.1 Å². The fourth-order valence-corrected chi connectivity index (χ4v) is 4.70. The molecule has 3 heterocycles. The van der Waals surface area contributed by atoms with Crippen LogP contribution in [0.2, 0.25) is 5.02 Å². The zero-order valence-corrected chi connectivity index (χ0v) is 19.5. The molecule has 4 rings (SSSR count). The van der Waals surface area contributed by atoms with E-state index in [1.165, 1.54) is 0 Å². The number of nitrogens with one attached hydrogen (secondary N) is 1. The first-order valence-electron chi connectivity index (χ1n) is 11.3. The van der Waals surface area contributed by atoms with Gasteiger partial charge in [-0.2, -0.15) is 0 Å². The van der Waals surface area contributed by atoms with Gasteiger partial charge in [-0.15, -0.1) is 0 Å². The Morgan fingerprint density at radius 1 is 1.22 bits per heavy atom. The van der Waals surface area contributed by atoms with Crippen LogP contribution in [0.3, 0.4) is 0 Å². The van der Waals surface area contributed by atoms with Gasteiger partial charge in [0.2, 0.25) is 0 Å². The van der Waals surface area contributed by atoms with Crippen LogP contribution in [0.1, 0.15) is 44.2 Å². The molecule has 1 amide bonds. The van der Waals surface area contributed by atoms with Crippen molar-refractivity contribution in [1.29, 1.82) is 0 Å². The normalized spacial score (nSPS) is 17.9. The third kappa shape index (κ3) is 5.73. The van der Waals surface area contributed by atoms with Gasteiger partial charge in [0.05, 0.1) is 5.02 Å². The number of hydrogen-bond donors (Lipinski definition) is 1. The smallest absolute Gasteiger partial charge is 0.270 e. The van der Waals surface area contributed by atoms with Crippen molar-refractivity contribution in [3.63, 3.8) is 0 Å². The first-order valence-corrected chi connectivity index (χ1v) is 11.7. The number of alkyl halides is 1. The molecule has 2 aromatic rings. The van der Waals surface area contributed by atoms with E-state index in [1.807, 2.05) is 12.1 Å². The molecule has 0 aliphatic carbocycles. The average molecular weight is 457 g/mol. The monoisotopic (exact) mass is 456 g/mol. The van der Waals surface area contributed by atoms with E-state index in [0.29, 0.717) is 23.8 Å². The van der Waals surface area contributed by atoms with E-state index >= 15 is 0 Å². The van der Waals surface area contributed by atoms with Crippen molar-refractivity contribution in [2.24, 2.45) is 4.99 Å². The van der Waals surface area contributed by atoms with E-state index in [9.17, 15) is 9.18 Å². The summed E-state index contributed by atoms with van der Waals surface area (Å²) in [5.41, 5.74) is 3.19. The second-order valence-corrected chi connectivity index (χ2v) is 9.78. The number of aliphatic imine (C=N–C) groups is 1. The number of piperidine rings is 1. The molecule has 0 radical (unpaired) electrons. The van der Waals surface area contributed by atoms with Gasteiger partial charge in [-0.05, 0) is 62.8 Å². The number of amides is 1. The van der Waals surface area contributed by atoms with Gasteiger partial charge >= 0.3 is 0 Å². The fourth-order valence-electron chi connectivity index (χ4n) is 4.52. The first-order chi connectivity index (χ1) is 15.3. The number of halogens is 2. The molecule has 1 N–H and O–H groups in total. The van der Waals surface area contributed by atoms with E-state index < -0.39 is 5.67 Å². The number of benzene rings is 1. The lowest BCUT2D eigenvalue weighted by molar-refractivity contribution is -0.115. The number of likely N-dealkylation sites (tertiary alicyclic amines) is 1. The van der Waals surface area contributed by atoms with Crippen molar-refractivity contribution >= 4 is 23.2 Å². The number of hydrogen-bond acceptors (Lipinski definition) is 4. The molecule has 1 saturated heterocycles. The molecule has 0 atom stereocenters. The fraction of sp³-hybridized carbons (Fsp3) is 0.480. The molecule has 0 saturated carbocycles. The maximum absolute atomic E-state index is 13.9. The number of aromatic nitrogens is 1. The van der Waals surface area contributed by atoms with Crippen LogP contribution >= 0.6 is 11.6 Å². The molecular formula is C25H30ClFN4O. The van der Waals surface area contributed by atoms with Crippen molar-refractivity contribution in [2.45, 2.75) is 51.2 Å². The minimum absolute atomic E-state index is 0.0798. The maximum atomic E-state index is 13.9. The Bertz CT molecular complexity index is 1010. The standard InChI is InChI=1S/C25H30ClFN4O/c1-25(2,27)16-31-10-7-21(8-11-31)30-24(32)23-22-13-18(19-12-20(26)15-28-14-19)6-5-17(22)4-3-9-29-23/h5-6,12-15,21H,3-4,7-11,16H2,1-2H3,(H,30,32). The summed E-state index contributed by atoms with van der Waals surface area (Å²) in [4.78, 5) is 24.2. The van der Waals surface area contributed by atoms with Crippen LogP contribution in [0, 0.1) is 0 Å². The summed E-state index contributed by atoms with van der Waals surface area (Å²) in [5, 5.41) is 3.76. The van der Waals surface area contributed by atoms with Gasteiger partial charge in [0, 0.05) is 55.7 Å². The third-order valence-electron chi connectivity index (χ3n) is 6.01. The Balaban J connectivity index is 1.49. The molecule has 1 fully saturated rings. The van der Waals surface area contributed by atoms with Crippen LogP contribution in [-0.4, -0.2) is 59.4 Å². The highest BCUT2D eigenvalue weighted by Crippen LogP contribution is 2.27. The van der Waals surface area contributed by atoms with Crippen LogP contribution in [0.5, 0.6) is 0 Å². The van der Waals surface area contributed by atoms with Crippen LogP contribution in [0.25, 0.3) is 11.1 Å². The van der Waals surface area contributed by atoms with Crippen LogP contribution in [0.4, 0.5) is 4.39 Å². The largest absolute Gasteiger partial charge is 0.348 e. The zero-order chi connectivity index (χ0) is 22.7. The van der Waals surface area contributed by atoms with Crippen molar-refractivity contribution in [2.75, 3.05) is 26.2 Å². The topological polar surface area (TPSA) is 57.6 Å². The summed E-state index contributed by atoms with van der Waals surface area (Å²) in [7, 11) is 0. The highest BCUT2D eigenvalue weighted by molar-refractivity contribution is 6.46. The highest BCUT2D eigenvalue weighted by atomic mass is 35.5. The number of fused-ring (bicyclic) bond motifs is 1. The van der Waals surface area contributed by atoms with E-state index in [2.05, 4.69) is 32.3 Å². The first kappa shape index (κ1) is 22.9. The van der Waals surface area contributed by atoms with Gasteiger partial charge in [-0.25, -0.2) is 4.39 Å². The molecule has 1 aromatic heterocycles. The molecular weight excluding hydrogens is 427 g/mol. The Morgan fingerprint density at radius 3 is 2.72 bits per heavy atom. The highest BCUT2D eigenvalue weighted by Gasteiger charge is 2.28. The van der Waals surface area contributed by atoms with Gasteiger partial charge < -0.3 is 10.2 Å². The number of carbonyl (C=O) groups is 1. The van der Waals surface area contributed by atoms with E-state index in [-0.39, 0.29) is 11.9 Å². The molecule has 170 valence electrons. The second kappa shape index (κ2) is 9.67. The van der Waals surface area contributed by atoms with Gasteiger partial charge in [0.25, 0.3) is 5.91 Å². The van der Waals surface area contributed by atoms with Crippen LogP contribution < -0.4 is 5.32 Å². The van der Waals surface area contributed by atoms with Crippen molar-refractivity contribution < 1.29 is 9.18 Å². The summed E-state index contributed by atoms with van der Waals surface area (Å²) >= 11 is 6.12. The Labute approximate surface area is 194 Å². The maximum Gasteiger partial charge on any atom is 0.270 e. The predicted molar refractivity (Wildman–Crippen MR) is 127 cm³/mol. The zero-order valence-electron chi connectivity index (χ0n) is 18.7. The summed E-state index contributed by atoms with van der Waals surface area (Å²) < 4.78 is 13.9. The van der Waals surface area contributed by atoms with Gasteiger partial charge in [-0.3, -0.25) is 14.8 Å². The number of rotatable bonds is 5. The Kier molecular flexibility index (Phi) is 6.91. The number of aryl methyl sites for hydroxylation is 1. The number of pyridine rings is 1. The Hall–Kier alpha value is -2.31. The molecule has 1 aromatic carbocycles. The predicted octanol–water partition coefficient (Wildman–Crippen LogP) is 4.47. The van der Waals surface area contributed by atoms with Crippen molar-refractivity contribution in [1.82, 2.24) is 15.2 Å². The number of nitrogens with zero attached hydrogens (tertiary/aromatic N) is 3. The molecule has 32 heavy (non-hydrogen) atoms. The minimum Gasteiger partial charge on any atom is -0.348 e. The molecule has 2 aliphatic heterocycles. The van der Waals surface area contributed by atoms with Gasteiger partial charge in [0.15, 0.2) is 0 Å². The summed E-state index contributed by atoms with van der Waals surface area (Å²) in [6.45, 7) is 5.84. The van der Waals surface area contributed by atoms with Crippen LogP contribution in [0.15, 0.2) is 41.7 Å². The van der Waals surface area contributed by atoms with Gasteiger partial charge in [0.1, 0.15) is 11.4 Å². The van der Waals surface area contributed by atoms with E-state index in [0.717, 1.165) is 61.0 Å². The molecule has 7 heteroatoms. The second-order valence-electron chi connectivity index (χ2n) is 9.34. The van der Waals surface area contributed by atoms with Crippen LogP contribution in [-0.2, 0) is 11.2 Å². The quantitative estimate of drug-likeness (QED) is 0.722. The molecule has 0 bridgehead atoms. The lowest BCUT2D eigenvalue weighted by atomic mass is 9.94. The summed E-state index contributed by atoms with van der Waals surface area (Å²) in [6.07, 6.45) is 6.81. The lowest BCUT2D eigenvalue weighted by Gasteiger charge is -2.34. The SMILES string of the molecule is CC(C)(F)CN1CCC(NC(=O)C2=NCCCc3ccc(-c4cncc(Cl)c4)cc32)CC1. The lowest BCUT2D eigenvalue weighted by Crippen LogP contribution is -2.48. The summed E-state index contributed by atoms with van der Waals surface area (Å²) in [6, 6.07) is 8.11. The molecule has 0 unspecified atom stereocenters. The van der Waals surface area contributed by atoms with Gasteiger partial charge in [-0.1, -0.05) is 23.7 Å².